The third kappa shape index (κ3) is 2.99. The van der Waals surface area contributed by atoms with E-state index in [4.69, 9.17) is 0 Å². The largest absolute Gasteiger partial charge is 0.307 e. The Morgan fingerprint density at radius 3 is 1.61 bits per heavy atom. The molecule has 178 valence electrons. The molecule has 0 spiro atoms. The molecule has 1 N–H and O–H groups in total. The molecule has 3 nitrogen and oxygen atoms in total. The van der Waals surface area contributed by atoms with Crippen LogP contribution < -0.4 is 4.98 Å². The second-order valence-corrected chi connectivity index (χ2v) is 9.74. The summed E-state index contributed by atoms with van der Waals surface area (Å²) in [5.74, 6) is 0. The Hall–Kier alpha value is -5.15. The first-order valence-electron chi connectivity index (χ1n) is 13.0. The van der Waals surface area contributed by atoms with E-state index in [0.29, 0.717) is 0 Å². The van der Waals surface area contributed by atoms with Crippen LogP contribution in [0.1, 0.15) is 0 Å². The molecule has 0 radical (unpaired) electrons. The van der Waals surface area contributed by atoms with Crippen LogP contribution in [-0.4, -0.2) is 9.13 Å². The third-order valence-electron chi connectivity index (χ3n) is 7.64. The first-order valence-corrected chi connectivity index (χ1v) is 13.0. The number of aromatic amines is 1. The van der Waals surface area contributed by atoms with E-state index in [1.54, 1.807) is 0 Å². The summed E-state index contributed by atoms with van der Waals surface area (Å²) in [5.41, 5.74) is 9.60. The van der Waals surface area contributed by atoms with Crippen molar-refractivity contribution in [1.82, 2.24) is 9.13 Å². The van der Waals surface area contributed by atoms with Crippen LogP contribution in [-0.2, 0) is 0 Å². The molecule has 0 atom stereocenters. The fourth-order valence-electron chi connectivity index (χ4n) is 6.00. The molecular weight excluding hydrogens is 462 g/mol. The maximum Gasteiger partial charge on any atom is 0.167 e. The van der Waals surface area contributed by atoms with Gasteiger partial charge in [-0.2, -0.15) is 0 Å². The normalized spacial score (nSPS) is 11.7. The first kappa shape index (κ1) is 21.0. The second kappa shape index (κ2) is 8.19. The van der Waals surface area contributed by atoms with Gasteiger partial charge in [-0.15, -0.1) is 0 Å². The second-order valence-electron chi connectivity index (χ2n) is 9.74. The van der Waals surface area contributed by atoms with Crippen LogP contribution in [0.2, 0.25) is 0 Å². The van der Waals surface area contributed by atoms with Crippen molar-refractivity contribution in [1.29, 1.82) is 0 Å². The van der Waals surface area contributed by atoms with Gasteiger partial charge in [0, 0.05) is 45.1 Å². The van der Waals surface area contributed by atoms with E-state index in [9.17, 15) is 0 Å². The summed E-state index contributed by atoms with van der Waals surface area (Å²) in [6.45, 7) is 0. The molecule has 3 heteroatoms. The fraction of sp³-hybridized carbons (Fsp3) is 0. The molecular formula is C35H24N3+. The van der Waals surface area contributed by atoms with Crippen molar-refractivity contribution in [2.45, 2.75) is 0 Å². The van der Waals surface area contributed by atoms with Crippen LogP contribution in [0.5, 0.6) is 0 Å². The van der Waals surface area contributed by atoms with Crippen LogP contribution >= 0.6 is 0 Å². The molecule has 5 aromatic carbocycles. The molecule has 0 fully saturated rings. The number of nitrogens with zero attached hydrogens (tertiary/aromatic N) is 2. The Morgan fingerprint density at radius 1 is 0.395 bits per heavy atom. The van der Waals surface area contributed by atoms with Crippen molar-refractivity contribution < 1.29 is 4.98 Å². The number of aromatic nitrogens is 3. The SMILES string of the molecule is c1ccc(-n2c3ccccc3c3ccc4c5cc(-c6cc[nH+]cc6)ccc5n(-c5ccccc5)c4c32)cc1. The average Bonchev–Trinajstić information content (AvgIpc) is 3.51. The number of rotatable bonds is 3. The summed E-state index contributed by atoms with van der Waals surface area (Å²) >= 11 is 0. The Kier molecular flexibility index (Phi) is 4.52. The Bertz CT molecular complexity index is 2100. The van der Waals surface area contributed by atoms with Gasteiger partial charge in [-0.05, 0) is 53.6 Å². The highest BCUT2D eigenvalue weighted by molar-refractivity contribution is 6.24. The number of fused-ring (bicyclic) bond motifs is 7. The summed E-state index contributed by atoms with van der Waals surface area (Å²) in [7, 11) is 0. The molecule has 8 aromatic rings. The summed E-state index contributed by atoms with van der Waals surface area (Å²) < 4.78 is 4.87. The fourth-order valence-corrected chi connectivity index (χ4v) is 6.00. The zero-order valence-corrected chi connectivity index (χ0v) is 20.7. The molecule has 0 unspecified atom stereocenters. The molecule has 38 heavy (non-hydrogen) atoms. The first-order chi connectivity index (χ1) is 18.9. The lowest BCUT2D eigenvalue weighted by Gasteiger charge is -2.12. The number of nitrogens with one attached hydrogen (secondary N) is 1. The molecule has 0 saturated carbocycles. The van der Waals surface area contributed by atoms with Crippen LogP contribution in [0, 0.1) is 0 Å². The summed E-state index contributed by atoms with van der Waals surface area (Å²) in [6, 6.07) is 45.9. The third-order valence-corrected chi connectivity index (χ3v) is 7.64. The molecule has 0 aliphatic heterocycles. The minimum absolute atomic E-state index is 1.16. The van der Waals surface area contributed by atoms with E-state index in [0.717, 1.165) is 11.4 Å². The zero-order chi connectivity index (χ0) is 25.1. The van der Waals surface area contributed by atoms with Crippen molar-refractivity contribution in [2.24, 2.45) is 0 Å². The molecule has 3 heterocycles. The predicted octanol–water partition coefficient (Wildman–Crippen LogP) is 8.36. The van der Waals surface area contributed by atoms with E-state index in [2.05, 4.69) is 142 Å². The van der Waals surface area contributed by atoms with Gasteiger partial charge in [-0.3, -0.25) is 0 Å². The van der Waals surface area contributed by atoms with Crippen molar-refractivity contribution in [3.8, 4) is 22.5 Å². The van der Waals surface area contributed by atoms with E-state index < -0.39 is 0 Å². The standard InChI is InChI=1S/C35H23N3/c1-3-9-26(10-4-1)37-32-14-8-7-13-28(32)29-16-17-30-31-23-25(24-19-21-36-22-20-24)15-18-33(31)38(35(30)34(29)37)27-11-5-2-6-12-27/h1-23H/p+1. The lowest BCUT2D eigenvalue weighted by atomic mass is 10.0. The smallest absolute Gasteiger partial charge is 0.167 e. The van der Waals surface area contributed by atoms with Gasteiger partial charge in [0.1, 0.15) is 0 Å². The number of pyridine rings is 1. The highest BCUT2D eigenvalue weighted by Gasteiger charge is 2.21. The van der Waals surface area contributed by atoms with Gasteiger partial charge in [0.05, 0.1) is 22.1 Å². The van der Waals surface area contributed by atoms with Gasteiger partial charge in [0.25, 0.3) is 0 Å². The maximum atomic E-state index is 3.14. The van der Waals surface area contributed by atoms with Gasteiger partial charge in [-0.1, -0.05) is 72.8 Å². The predicted molar refractivity (Wildman–Crippen MR) is 157 cm³/mol. The number of para-hydroxylation sites is 3. The molecule has 0 amide bonds. The minimum Gasteiger partial charge on any atom is -0.307 e. The van der Waals surface area contributed by atoms with Crippen LogP contribution in [0.3, 0.4) is 0 Å². The van der Waals surface area contributed by atoms with Gasteiger partial charge >= 0.3 is 0 Å². The highest BCUT2D eigenvalue weighted by atomic mass is 15.0. The van der Waals surface area contributed by atoms with Crippen LogP contribution in [0.4, 0.5) is 0 Å². The Morgan fingerprint density at radius 2 is 0.947 bits per heavy atom. The lowest BCUT2D eigenvalue weighted by Crippen LogP contribution is -1.98. The lowest BCUT2D eigenvalue weighted by molar-refractivity contribution is -0.377. The molecule has 3 aromatic heterocycles. The van der Waals surface area contributed by atoms with Crippen molar-refractivity contribution in [2.75, 3.05) is 0 Å². The molecule has 0 bridgehead atoms. The zero-order valence-electron chi connectivity index (χ0n) is 20.7. The number of hydrogen-bond donors (Lipinski definition) is 0. The maximum absolute atomic E-state index is 3.14. The van der Waals surface area contributed by atoms with Crippen molar-refractivity contribution in [3.05, 3.63) is 140 Å². The van der Waals surface area contributed by atoms with Crippen molar-refractivity contribution in [3.63, 3.8) is 0 Å². The van der Waals surface area contributed by atoms with Gasteiger partial charge in [0.15, 0.2) is 12.4 Å². The topological polar surface area (TPSA) is 24.0 Å². The number of H-pyrrole nitrogens is 1. The van der Waals surface area contributed by atoms with Gasteiger partial charge in [0.2, 0.25) is 0 Å². The Labute approximate surface area is 219 Å². The minimum atomic E-state index is 1.16. The van der Waals surface area contributed by atoms with Gasteiger partial charge < -0.3 is 9.13 Å². The molecule has 0 aliphatic rings. The van der Waals surface area contributed by atoms with Crippen LogP contribution in [0.15, 0.2) is 140 Å². The number of hydrogen-bond acceptors (Lipinski definition) is 0. The van der Waals surface area contributed by atoms with Crippen LogP contribution in [0.25, 0.3) is 66.1 Å². The van der Waals surface area contributed by atoms with E-state index in [1.165, 1.54) is 54.7 Å². The molecule has 0 saturated heterocycles. The highest BCUT2D eigenvalue weighted by Crippen LogP contribution is 2.42. The summed E-state index contributed by atoms with van der Waals surface area (Å²) in [4.78, 5) is 3.14. The number of benzene rings is 5. The van der Waals surface area contributed by atoms with E-state index in [1.807, 2.05) is 12.4 Å². The summed E-state index contributed by atoms with van der Waals surface area (Å²) in [5, 5.41) is 5.02. The van der Waals surface area contributed by atoms with Gasteiger partial charge in [-0.25, -0.2) is 4.98 Å². The molecule has 0 aliphatic carbocycles. The quantitative estimate of drug-likeness (QED) is 0.240. The molecule has 8 rings (SSSR count). The Balaban J connectivity index is 1.60. The van der Waals surface area contributed by atoms with Crippen molar-refractivity contribution >= 4 is 43.6 Å². The van der Waals surface area contributed by atoms with E-state index >= 15 is 0 Å². The average molecular weight is 487 g/mol. The summed E-state index contributed by atoms with van der Waals surface area (Å²) in [6.07, 6.45) is 3.96. The van der Waals surface area contributed by atoms with E-state index in [-0.39, 0.29) is 0 Å². The monoisotopic (exact) mass is 486 g/mol.